The molecular weight excluding hydrogens is 330 g/mol. The lowest BCUT2D eigenvalue weighted by Crippen LogP contribution is -2.20. The van der Waals surface area contributed by atoms with Gasteiger partial charge in [0.1, 0.15) is 5.75 Å². The topological polar surface area (TPSA) is 38.3 Å². The fraction of sp³-hybridized carbons (Fsp3) is 0.235. The minimum absolute atomic E-state index is 0.00557. The first-order valence-electron chi connectivity index (χ1n) is 6.71. The smallest absolute Gasteiger partial charge is 0.262 e. The van der Waals surface area contributed by atoms with E-state index in [1.165, 1.54) is 0 Å². The summed E-state index contributed by atoms with van der Waals surface area (Å²) in [5, 5.41) is 2.82. The summed E-state index contributed by atoms with van der Waals surface area (Å²) in [7, 11) is 0. The molecule has 0 unspecified atom stereocenters. The van der Waals surface area contributed by atoms with Crippen molar-refractivity contribution in [2.24, 2.45) is 0 Å². The van der Waals surface area contributed by atoms with Gasteiger partial charge in [-0.05, 0) is 61.7 Å². The highest BCUT2D eigenvalue weighted by Gasteiger charge is 2.05. The predicted molar refractivity (Wildman–Crippen MR) is 88.9 cm³/mol. The average Bonchev–Trinajstić information content (AvgIpc) is 2.40. The van der Waals surface area contributed by atoms with E-state index < -0.39 is 0 Å². The first kappa shape index (κ1) is 15.6. The van der Waals surface area contributed by atoms with Gasteiger partial charge in [-0.25, -0.2) is 0 Å². The Morgan fingerprint density at radius 2 is 1.76 bits per heavy atom. The van der Waals surface area contributed by atoms with Crippen molar-refractivity contribution in [2.45, 2.75) is 20.8 Å². The molecule has 0 aliphatic rings. The zero-order chi connectivity index (χ0) is 15.4. The highest BCUT2D eigenvalue weighted by atomic mass is 79.9. The van der Waals surface area contributed by atoms with Crippen molar-refractivity contribution in [1.82, 2.24) is 0 Å². The fourth-order valence-electron chi connectivity index (χ4n) is 2.03. The summed E-state index contributed by atoms with van der Waals surface area (Å²) < 4.78 is 6.50. The van der Waals surface area contributed by atoms with Crippen LogP contribution in [0.1, 0.15) is 16.7 Å². The summed E-state index contributed by atoms with van der Waals surface area (Å²) in [6.07, 6.45) is 0. The Morgan fingerprint density at radius 1 is 1.10 bits per heavy atom. The van der Waals surface area contributed by atoms with Crippen LogP contribution in [-0.2, 0) is 4.79 Å². The van der Waals surface area contributed by atoms with Crippen molar-refractivity contribution in [2.75, 3.05) is 11.9 Å². The number of benzene rings is 2. The van der Waals surface area contributed by atoms with E-state index >= 15 is 0 Å². The van der Waals surface area contributed by atoms with Gasteiger partial charge in [0.15, 0.2) is 6.61 Å². The molecule has 0 heterocycles. The Morgan fingerprint density at radius 3 is 2.38 bits per heavy atom. The minimum Gasteiger partial charge on any atom is -0.484 e. The van der Waals surface area contributed by atoms with Gasteiger partial charge in [-0.2, -0.15) is 0 Å². The highest BCUT2D eigenvalue weighted by Crippen LogP contribution is 2.21. The van der Waals surface area contributed by atoms with Crippen molar-refractivity contribution in [1.29, 1.82) is 0 Å². The van der Waals surface area contributed by atoms with Gasteiger partial charge >= 0.3 is 0 Å². The van der Waals surface area contributed by atoms with Crippen LogP contribution < -0.4 is 10.1 Å². The lowest BCUT2D eigenvalue weighted by Gasteiger charge is -2.10. The molecule has 2 aromatic rings. The number of carbonyl (C=O) groups excluding carboxylic acids is 1. The van der Waals surface area contributed by atoms with Gasteiger partial charge in [-0.1, -0.05) is 28.1 Å². The SMILES string of the molecule is Cc1cc(C)cc(OCC(=O)Nc2ccc(C)c(Br)c2)c1. The van der Waals surface area contributed by atoms with Crippen molar-refractivity contribution in [3.05, 3.63) is 57.6 Å². The number of carbonyl (C=O) groups is 1. The molecule has 3 nitrogen and oxygen atoms in total. The van der Waals surface area contributed by atoms with E-state index in [1.807, 2.05) is 51.1 Å². The molecule has 1 amide bonds. The number of hydrogen-bond acceptors (Lipinski definition) is 2. The van der Waals surface area contributed by atoms with Gasteiger partial charge in [0.25, 0.3) is 5.91 Å². The number of nitrogens with one attached hydrogen (secondary N) is 1. The number of halogens is 1. The summed E-state index contributed by atoms with van der Waals surface area (Å²) >= 11 is 3.45. The molecule has 1 N–H and O–H groups in total. The van der Waals surface area contributed by atoms with Crippen LogP contribution in [0.5, 0.6) is 5.75 Å². The molecule has 4 heteroatoms. The maximum absolute atomic E-state index is 11.9. The summed E-state index contributed by atoms with van der Waals surface area (Å²) in [5.74, 6) is 0.539. The zero-order valence-corrected chi connectivity index (χ0v) is 14.0. The largest absolute Gasteiger partial charge is 0.484 e. The van der Waals surface area contributed by atoms with Crippen molar-refractivity contribution in [3.8, 4) is 5.75 Å². The standard InChI is InChI=1S/C17H18BrNO2/c1-11-6-12(2)8-15(7-11)21-10-17(20)19-14-5-4-13(3)16(18)9-14/h4-9H,10H2,1-3H3,(H,19,20). The Hall–Kier alpha value is -1.81. The van der Waals surface area contributed by atoms with Crippen LogP contribution in [0.25, 0.3) is 0 Å². The first-order valence-corrected chi connectivity index (χ1v) is 7.50. The Balaban J connectivity index is 1.94. The van der Waals surface area contributed by atoms with Gasteiger partial charge in [0.2, 0.25) is 0 Å². The van der Waals surface area contributed by atoms with Crippen LogP contribution in [0.4, 0.5) is 5.69 Å². The summed E-state index contributed by atoms with van der Waals surface area (Å²) in [6.45, 7) is 6.00. The third-order valence-electron chi connectivity index (χ3n) is 3.02. The summed E-state index contributed by atoms with van der Waals surface area (Å²) in [4.78, 5) is 11.9. The Kier molecular flexibility index (Phi) is 5.02. The summed E-state index contributed by atoms with van der Waals surface area (Å²) in [6, 6.07) is 11.6. The quantitative estimate of drug-likeness (QED) is 0.890. The average molecular weight is 348 g/mol. The van der Waals surface area contributed by atoms with Crippen molar-refractivity contribution >= 4 is 27.5 Å². The van der Waals surface area contributed by atoms with Crippen LogP contribution in [0, 0.1) is 20.8 Å². The van der Waals surface area contributed by atoms with Crippen LogP contribution in [0.3, 0.4) is 0 Å². The van der Waals surface area contributed by atoms with Gasteiger partial charge in [-0.15, -0.1) is 0 Å². The van der Waals surface area contributed by atoms with Gasteiger partial charge in [0, 0.05) is 10.2 Å². The van der Waals surface area contributed by atoms with E-state index in [0.717, 1.165) is 26.9 Å². The molecule has 0 aliphatic carbocycles. The lowest BCUT2D eigenvalue weighted by molar-refractivity contribution is -0.118. The molecule has 0 atom stereocenters. The molecule has 21 heavy (non-hydrogen) atoms. The number of rotatable bonds is 4. The normalized spacial score (nSPS) is 10.3. The molecule has 2 rings (SSSR count). The van der Waals surface area contributed by atoms with Crippen LogP contribution in [0.2, 0.25) is 0 Å². The van der Waals surface area contributed by atoms with E-state index in [2.05, 4.69) is 27.3 Å². The molecule has 0 aromatic heterocycles. The number of aryl methyl sites for hydroxylation is 3. The summed E-state index contributed by atoms with van der Waals surface area (Å²) in [5.41, 5.74) is 4.11. The second-order valence-corrected chi connectivity index (χ2v) is 5.98. The zero-order valence-electron chi connectivity index (χ0n) is 12.4. The van der Waals surface area contributed by atoms with E-state index in [4.69, 9.17) is 4.74 Å². The Labute approximate surface area is 133 Å². The number of amides is 1. The number of anilines is 1. The number of ether oxygens (including phenoxy) is 1. The van der Waals surface area contributed by atoms with E-state index in [0.29, 0.717) is 5.75 Å². The minimum atomic E-state index is -0.176. The van der Waals surface area contributed by atoms with E-state index in [1.54, 1.807) is 0 Å². The lowest BCUT2D eigenvalue weighted by atomic mass is 10.1. The number of hydrogen-bond donors (Lipinski definition) is 1. The van der Waals surface area contributed by atoms with E-state index in [9.17, 15) is 4.79 Å². The van der Waals surface area contributed by atoms with Crippen LogP contribution in [-0.4, -0.2) is 12.5 Å². The molecule has 0 spiro atoms. The predicted octanol–water partition coefficient (Wildman–Crippen LogP) is 4.39. The molecule has 0 saturated heterocycles. The monoisotopic (exact) mass is 347 g/mol. The molecular formula is C17H18BrNO2. The maximum Gasteiger partial charge on any atom is 0.262 e. The Bertz CT molecular complexity index is 648. The van der Waals surface area contributed by atoms with Gasteiger partial charge in [-0.3, -0.25) is 4.79 Å². The fourth-order valence-corrected chi connectivity index (χ4v) is 2.41. The highest BCUT2D eigenvalue weighted by molar-refractivity contribution is 9.10. The third-order valence-corrected chi connectivity index (χ3v) is 3.88. The van der Waals surface area contributed by atoms with Crippen molar-refractivity contribution in [3.63, 3.8) is 0 Å². The molecule has 110 valence electrons. The molecule has 0 aliphatic heterocycles. The second kappa shape index (κ2) is 6.76. The molecule has 2 aromatic carbocycles. The van der Waals surface area contributed by atoms with Gasteiger partial charge in [0.05, 0.1) is 0 Å². The van der Waals surface area contributed by atoms with Crippen molar-refractivity contribution < 1.29 is 9.53 Å². The third kappa shape index (κ3) is 4.60. The first-order chi connectivity index (χ1) is 9.94. The molecule has 0 radical (unpaired) electrons. The van der Waals surface area contributed by atoms with E-state index in [-0.39, 0.29) is 12.5 Å². The molecule has 0 fully saturated rings. The second-order valence-electron chi connectivity index (χ2n) is 5.12. The van der Waals surface area contributed by atoms with Crippen LogP contribution in [0.15, 0.2) is 40.9 Å². The maximum atomic E-state index is 11.9. The molecule has 0 bridgehead atoms. The van der Waals surface area contributed by atoms with Gasteiger partial charge < -0.3 is 10.1 Å². The molecule has 0 saturated carbocycles. The van der Waals surface area contributed by atoms with Crippen LogP contribution >= 0.6 is 15.9 Å².